The Hall–Kier alpha value is -3.42. The van der Waals surface area contributed by atoms with E-state index < -0.39 is 5.92 Å². The molecule has 0 aliphatic rings. The third-order valence-electron chi connectivity index (χ3n) is 3.87. The first kappa shape index (κ1) is 17.4. The van der Waals surface area contributed by atoms with Crippen molar-refractivity contribution in [2.75, 3.05) is 19.5 Å². The zero-order valence-corrected chi connectivity index (χ0v) is 14.4. The lowest BCUT2D eigenvalue weighted by Gasteiger charge is -2.17. The highest BCUT2D eigenvalue weighted by Crippen LogP contribution is 2.23. The minimum atomic E-state index is -0.636. The number of carbonyl (C=O) groups is 1. The Morgan fingerprint density at radius 1 is 1.12 bits per heavy atom. The second-order valence-corrected chi connectivity index (χ2v) is 5.57. The van der Waals surface area contributed by atoms with Gasteiger partial charge in [0.25, 0.3) is 0 Å². The summed E-state index contributed by atoms with van der Waals surface area (Å²) >= 11 is 0. The largest absolute Gasteiger partial charge is 0.497 e. The summed E-state index contributed by atoms with van der Waals surface area (Å²) in [6.07, 6.45) is 0.389. The molecule has 1 aromatic heterocycles. The minimum Gasteiger partial charge on any atom is -0.497 e. The second kappa shape index (κ2) is 8.11. The quantitative estimate of drug-likeness (QED) is 0.692. The van der Waals surface area contributed by atoms with Crippen LogP contribution in [0.1, 0.15) is 17.3 Å². The lowest BCUT2D eigenvalue weighted by Crippen LogP contribution is -2.24. The summed E-state index contributed by atoms with van der Waals surface area (Å²) in [7, 11) is 3.17. The second-order valence-electron chi connectivity index (χ2n) is 5.57. The van der Waals surface area contributed by atoms with Gasteiger partial charge in [0.05, 0.1) is 20.1 Å². The summed E-state index contributed by atoms with van der Waals surface area (Å²) in [4.78, 5) is 12.9. The number of nitrogens with one attached hydrogen (secondary N) is 1. The number of nitrogens with zero attached hydrogens (tertiary/aromatic N) is 4. The van der Waals surface area contributed by atoms with E-state index >= 15 is 0 Å². The predicted octanol–water partition coefficient (Wildman–Crippen LogP) is 1.81. The number of tetrazole rings is 1. The van der Waals surface area contributed by atoms with Gasteiger partial charge in [-0.25, -0.2) is 0 Å². The number of rotatable bonds is 7. The van der Waals surface area contributed by atoms with Gasteiger partial charge in [0, 0.05) is 17.6 Å². The molecule has 26 heavy (non-hydrogen) atoms. The monoisotopic (exact) mass is 352 g/mol. The third-order valence-corrected chi connectivity index (χ3v) is 3.87. The van der Waals surface area contributed by atoms with Crippen LogP contribution in [0.5, 0.6) is 11.5 Å². The first-order valence-corrected chi connectivity index (χ1v) is 7.96. The molecule has 0 spiro atoms. The van der Waals surface area contributed by atoms with Crippen LogP contribution in [0.25, 0.3) is 0 Å². The van der Waals surface area contributed by atoms with E-state index in [0.717, 1.165) is 5.56 Å². The summed E-state index contributed by atoms with van der Waals surface area (Å²) in [6, 6.07) is 14.6. The Bertz CT molecular complexity index is 867. The van der Waals surface area contributed by atoms with E-state index in [1.54, 1.807) is 38.5 Å². The van der Waals surface area contributed by atoms with E-state index in [0.29, 0.717) is 23.6 Å². The maximum absolute atomic E-state index is 12.9. The summed E-state index contributed by atoms with van der Waals surface area (Å²) in [5.41, 5.74) is 1.54. The number of amides is 1. The van der Waals surface area contributed by atoms with E-state index in [4.69, 9.17) is 9.47 Å². The van der Waals surface area contributed by atoms with Crippen molar-refractivity contribution in [3.63, 3.8) is 0 Å². The highest BCUT2D eigenvalue weighted by molar-refractivity contribution is 5.95. The molecule has 0 saturated carbocycles. The molecule has 8 heteroatoms. The summed E-state index contributed by atoms with van der Waals surface area (Å²) in [6.45, 7) is 0. The van der Waals surface area contributed by atoms with E-state index in [2.05, 4.69) is 25.9 Å². The van der Waals surface area contributed by atoms with Crippen molar-refractivity contribution in [2.24, 2.45) is 0 Å². The Kier molecular flexibility index (Phi) is 5.43. The fourth-order valence-electron chi connectivity index (χ4n) is 2.56. The summed E-state index contributed by atoms with van der Waals surface area (Å²) in [5.74, 6) is 0.751. The molecule has 1 amide bonds. The molecule has 8 nitrogen and oxygen atoms in total. The van der Waals surface area contributed by atoms with Crippen LogP contribution in [0.2, 0.25) is 0 Å². The third kappa shape index (κ3) is 4.15. The molecule has 1 atom stereocenters. The zero-order valence-electron chi connectivity index (χ0n) is 14.4. The minimum absolute atomic E-state index is 0.254. The molecule has 1 N–H and O–H groups in total. The van der Waals surface area contributed by atoms with Gasteiger partial charge < -0.3 is 19.9 Å². The number of aromatic nitrogens is 4. The molecular weight excluding hydrogens is 334 g/mol. The number of hydrogen-bond donors (Lipinski definition) is 1. The maximum Gasteiger partial charge on any atom is 0.232 e. The Labute approximate surface area is 150 Å². The average molecular weight is 352 g/mol. The highest BCUT2D eigenvalue weighted by Gasteiger charge is 2.21. The normalized spacial score (nSPS) is 11.6. The molecule has 0 aliphatic heterocycles. The zero-order chi connectivity index (χ0) is 18.4. The molecule has 0 aliphatic carbocycles. The lowest BCUT2D eigenvalue weighted by atomic mass is 9.97. The van der Waals surface area contributed by atoms with Gasteiger partial charge in [0.15, 0.2) is 0 Å². The van der Waals surface area contributed by atoms with Gasteiger partial charge in [0.1, 0.15) is 11.5 Å². The van der Waals surface area contributed by atoms with Crippen molar-refractivity contribution in [3.05, 3.63) is 59.9 Å². The van der Waals surface area contributed by atoms with Crippen LogP contribution in [0.4, 0.5) is 5.69 Å². The Balaban J connectivity index is 1.82. The molecule has 3 aromatic rings. The van der Waals surface area contributed by atoms with Crippen LogP contribution < -0.4 is 19.9 Å². The molecule has 3 rings (SSSR count). The number of ether oxygens (including phenoxy) is 2. The van der Waals surface area contributed by atoms with E-state index in [-0.39, 0.29) is 11.7 Å². The smallest absolute Gasteiger partial charge is 0.232 e. The summed E-state index contributed by atoms with van der Waals surface area (Å²) < 4.78 is 10.4. The Morgan fingerprint density at radius 2 is 1.85 bits per heavy atom. The molecule has 1 heterocycles. The molecule has 134 valence electrons. The summed E-state index contributed by atoms with van der Waals surface area (Å²) in [5, 5.41) is 17.6. The van der Waals surface area contributed by atoms with Crippen LogP contribution in [0, 0.1) is 0 Å². The molecule has 0 bridgehead atoms. The fraction of sp³-hybridized carbons (Fsp3) is 0.222. The van der Waals surface area contributed by atoms with Crippen molar-refractivity contribution in [3.8, 4) is 11.5 Å². The van der Waals surface area contributed by atoms with Gasteiger partial charge in [-0.05, 0) is 36.2 Å². The van der Waals surface area contributed by atoms with Crippen molar-refractivity contribution >= 4 is 11.6 Å². The lowest BCUT2D eigenvalue weighted by molar-refractivity contribution is -0.117. The van der Waals surface area contributed by atoms with Crippen LogP contribution in [-0.2, 0) is 11.2 Å². The number of anilines is 1. The molecule has 0 saturated heterocycles. The van der Waals surface area contributed by atoms with Crippen LogP contribution in [0.15, 0.2) is 48.5 Å². The van der Waals surface area contributed by atoms with Crippen LogP contribution in [-0.4, -0.2) is 35.7 Å². The first-order valence-electron chi connectivity index (χ1n) is 7.96. The number of methoxy groups -OCH3 is 2. The SMILES string of the molecule is COc1cccc(C[C@@H](C(=O)Nc2cccc(OC)c2)c2nnn[n-]2)c1. The molecular formula is C18H18N5O3-. The molecule has 0 fully saturated rings. The topological polar surface area (TPSA) is 100 Å². The van der Waals surface area contributed by atoms with Crippen molar-refractivity contribution < 1.29 is 14.3 Å². The predicted molar refractivity (Wildman–Crippen MR) is 94.2 cm³/mol. The van der Waals surface area contributed by atoms with Gasteiger partial charge in [-0.1, -0.05) is 18.2 Å². The van der Waals surface area contributed by atoms with Gasteiger partial charge in [-0.3, -0.25) is 15.1 Å². The average Bonchev–Trinajstić information content (AvgIpc) is 3.20. The number of benzene rings is 2. The van der Waals surface area contributed by atoms with Gasteiger partial charge in [-0.15, -0.1) is 0 Å². The molecule has 2 aromatic carbocycles. The first-order chi connectivity index (χ1) is 12.7. The Morgan fingerprint density at radius 3 is 2.54 bits per heavy atom. The molecule has 0 radical (unpaired) electrons. The van der Waals surface area contributed by atoms with Crippen LogP contribution in [0.3, 0.4) is 0 Å². The van der Waals surface area contributed by atoms with Crippen molar-refractivity contribution in [1.29, 1.82) is 0 Å². The van der Waals surface area contributed by atoms with Gasteiger partial charge >= 0.3 is 0 Å². The maximum atomic E-state index is 12.9. The van der Waals surface area contributed by atoms with E-state index in [1.807, 2.05) is 24.3 Å². The fourth-order valence-corrected chi connectivity index (χ4v) is 2.56. The highest BCUT2D eigenvalue weighted by atomic mass is 16.5. The van der Waals surface area contributed by atoms with Crippen LogP contribution >= 0.6 is 0 Å². The van der Waals surface area contributed by atoms with E-state index in [9.17, 15) is 4.79 Å². The number of carbonyl (C=O) groups excluding carboxylic acids is 1. The number of hydrogen-bond acceptors (Lipinski definition) is 6. The van der Waals surface area contributed by atoms with E-state index in [1.165, 1.54) is 0 Å². The van der Waals surface area contributed by atoms with Gasteiger partial charge in [0.2, 0.25) is 5.91 Å². The van der Waals surface area contributed by atoms with Crippen molar-refractivity contribution in [1.82, 2.24) is 20.6 Å². The standard InChI is InChI=1S/C18H19N5O3/c1-25-14-7-3-5-12(9-14)10-16(17-20-22-23-21-17)18(24)19-13-6-4-8-15(11-13)26-2/h3-9,11,16H,10H2,1-2H3,(H2,19,20,21,22,23,24)/p-1/t16-/m1/s1. The molecule has 0 unspecified atom stereocenters. The van der Waals surface area contributed by atoms with Crippen molar-refractivity contribution in [2.45, 2.75) is 12.3 Å². The van der Waals surface area contributed by atoms with Gasteiger partial charge in [-0.2, -0.15) is 5.21 Å².